The molecular weight excluding hydrogens is 305 g/mol. The Hall–Kier alpha value is -1.43. The first-order valence-electron chi connectivity index (χ1n) is 6.64. The summed E-state index contributed by atoms with van der Waals surface area (Å²) in [6, 6.07) is 2.69. The van der Waals surface area contributed by atoms with Gasteiger partial charge in [0.05, 0.1) is 11.3 Å². The molecule has 1 aromatic rings. The SMILES string of the molecule is CCCCCN(C)C(=O)Nc1ccc(Cl)cc1C(F)(F)F. The van der Waals surface area contributed by atoms with E-state index in [-0.39, 0.29) is 10.7 Å². The summed E-state index contributed by atoms with van der Waals surface area (Å²) < 4.78 is 38.7. The molecule has 0 radical (unpaired) electrons. The van der Waals surface area contributed by atoms with Crippen molar-refractivity contribution in [3.63, 3.8) is 0 Å². The fourth-order valence-corrected chi connectivity index (χ4v) is 1.94. The maximum Gasteiger partial charge on any atom is 0.418 e. The predicted molar refractivity (Wildman–Crippen MR) is 77.6 cm³/mol. The highest BCUT2D eigenvalue weighted by Gasteiger charge is 2.34. The van der Waals surface area contributed by atoms with Crippen molar-refractivity contribution in [3.8, 4) is 0 Å². The summed E-state index contributed by atoms with van der Waals surface area (Å²) in [6.07, 6.45) is -1.79. The molecule has 0 atom stereocenters. The summed E-state index contributed by atoms with van der Waals surface area (Å²) >= 11 is 5.58. The molecule has 0 spiro atoms. The summed E-state index contributed by atoms with van der Waals surface area (Å²) in [6.45, 7) is 2.53. The molecule has 0 aliphatic carbocycles. The summed E-state index contributed by atoms with van der Waals surface area (Å²) in [5.74, 6) is 0. The van der Waals surface area contributed by atoms with Crippen LogP contribution in [-0.4, -0.2) is 24.5 Å². The Morgan fingerprint density at radius 2 is 2.00 bits per heavy atom. The van der Waals surface area contributed by atoms with Gasteiger partial charge in [-0.15, -0.1) is 0 Å². The minimum atomic E-state index is -4.58. The Morgan fingerprint density at radius 3 is 2.57 bits per heavy atom. The standard InChI is InChI=1S/C14H18ClF3N2O/c1-3-4-5-8-20(2)13(21)19-12-7-6-10(15)9-11(12)14(16,17)18/h6-7,9H,3-5,8H2,1-2H3,(H,19,21). The highest BCUT2D eigenvalue weighted by Crippen LogP contribution is 2.36. The number of amides is 2. The lowest BCUT2D eigenvalue weighted by molar-refractivity contribution is -0.136. The van der Waals surface area contributed by atoms with E-state index in [1.165, 1.54) is 11.0 Å². The molecule has 2 amide bonds. The fourth-order valence-electron chi connectivity index (χ4n) is 1.77. The van der Waals surface area contributed by atoms with Crippen LogP contribution in [0.1, 0.15) is 31.7 Å². The molecule has 1 rings (SSSR count). The predicted octanol–water partition coefficient (Wildman–Crippen LogP) is 5.01. The van der Waals surface area contributed by atoms with E-state index in [0.717, 1.165) is 31.4 Å². The lowest BCUT2D eigenvalue weighted by atomic mass is 10.1. The Labute approximate surface area is 127 Å². The van der Waals surface area contributed by atoms with Crippen molar-refractivity contribution in [2.45, 2.75) is 32.4 Å². The number of urea groups is 1. The molecule has 0 bridgehead atoms. The van der Waals surface area contributed by atoms with Gasteiger partial charge in [0.25, 0.3) is 0 Å². The van der Waals surface area contributed by atoms with E-state index in [9.17, 15) is 18.0 Å². The minimum absolute atomic E-state index is 0.0309. The number of unbranched alkanes of at least 4 members (excludes halogenated alkanes) is 2. The van der Waals surface area contributed by atoms with Crippen LogP contribution in [-0.2, 0) is 6.18 Å². The monoisotopic (exact) mass is 322 g/mol. The second kappa shape index (κ2) is 7.54. The number of alkyl halides is 3. The van der Waals surface area contributed by atoms with Crippen LogP contribution in [0.15, 0.2) is 18.2 Å². The van der Waals surface area contributed by atoms with Gasteiger partial charge in [0.2, 0.25) is 0 Å². The van der Waals surface area contributed by atoms with Crippen molar-refractivity contribution >= 4 is 23.3 Å². The van der Waals surface area contributed by atoms with Crippen LogP contribution in [0, 0.1) is 0 Å². The molecular formula is C14H18ClF3N2O. The highest BCUT2D eigenvalue weighted by molar-refractivity contribution is 6.30. The number of hydrogen-bond donors (Lipinski definition) is 1. The van der Waals surface area contributed by atoms with Crippen molar-refractivity contribution in [2.75, 3.05) is 18.9 Å². The van der Waals surface area contributed by atoms with Crippen molar-refractivity contribution in [1.29, 1.82) is 0 Å². The maximum atomic E-state index is 12.9. The summed E-state index contributed by atoms with van der Waals surface area (Å²) in [5, 5.41) is 2.25. The average molecular weight is 323 g/mol. The molecule has 0 saturated heterocycles. The summed E-state index contributed by atoms with van der Waals surface area (Å²) in [4.78, 5) is 13.3. The van der Waals surface area contributed by atoms with Gasteiger partial charge in [0.1, 0.15) is 0 Å². The Bertz CT molecular complexity index is 492. The zero-order valence-corrected chi connectivity index (χ0v) is 12.7. The average Bonchev–Trinajstić information content (AvgIpc) is 2.39. The molecule has 0 heterocycles. The third-order valence-corrected chi connectivity index (χ3v) is 3.21. The molecule has 1 N–H and O–H groups in total. The van der Waals surface area contributed by atoms with Crippen LogP contribution < -0.4 is 5.32 Å². The Kier molecular flexibility index (Phi) is 6.33. The number of nitrogens with one attached hydrogen (secondary N) is 1. The van der Waals surface area contributed by atoms with E-state index in [0.29, 0.717) is 6.54 Å². The van der Waals surface area contributed by atoms with Crippen LogP contribution in [0.5, 0.6) is 0 Å². The molecule has 3 nitrogen and oxygen atoms in total. The molecule has 0 aromatic heterocycles. The molecule has 21 heavy (non-hydrogen) atoms. The summed E-state index contributed by atoms with van der Waals surface area (Å²) in [5.41, 5.74) is -1.25. The van der Waals surface area contributed by atoms with E-state index in [1.54, 1.807) is 7.05 Å². The van der Waals surface area contributed by atoms with Gasteiger partial charge in [-0.3, -0.25) is 0 Å². The maximum absolute atomic E-state index is 12.9. The van der Waals surface area contributed by atoms with E-state index in [1.807, 2.05) is 6.92 Å². The minimum Gasteiger partial charge on any atom is -0.328 e. The molecule has 0 aliphatic rings. The second-order valence-corrected chi connectivity index (χ2v) is 5.18. The number of benzene rings is 1. The Morgan fingerprint density at radius 1 is 1.33 bits per heavy atom. The van der Waals surface area contributed by atoms with Gasteiger partial charge in [-0.2, -0.15) is 13.2 Å². The number of halogens is 4. The van der Waals surface area contributed by atoms with Gasteiger partial charge in [0.15, 0.2) is 0 Å². The van der Waals surface area contributed by atoms with E-state index >= 15 is 0 Å². The molecule has 0 unspecified atom stereocenters. The molecule has 0 saturated carbocycles. The summed E-state index contributed by atoms with van der Waals surface area (Å²) in [7, 11) is 1.55. The smallest absolute Gasteiger partial charge is 0.328 e. The lowest BCUT2D eigenvalue weighted by Gasteiger charge is -2.20. The fraction of sp³-hybridized carbons (Fsp3) is 0.500. The number of hydrogen-bond acceptors (Lipinski definition) is 1. The highest BCUT2D eigenvalue weighted by atomic mass is 35.5. The van der Waals surface area contributed by atoms with Gasteiger partial charge in [-0.25, -0.2) is 4.79 Å². The molecule has 0 aliphatic heterocycles. The first-order chi connectivity index (χ1) is 9.75. The van der Waals surface area contributed by atoms with Crippen molar-refractivity contribution in [3.05, 3.63) is 28.8 Å². The lowest BCUT2D eigenvalue weighted by Crippen LogP contribution is -2.32. The van der Waals surface area contributed by atoms with Gasteiger partial charge >= 0.3 is 12.2 Å². The van der Waals surface area contributed by atoms with E-state index < -0.39 is 17.8 Å². The van der Waals surface area contributed by atoms with E-state index in [2.05, 4.69) is 5.32 Å². The largest absolute Gasteiger partial charge is 0.418 e. The van der Waals surface area contributed by atoms with Crippen molar-refractivity contribution in [2.24, 2.45) is 0 Å². The third-order valence-electron chi connectivity index (χ3n) is 2.97. The van der Waals surface area contributed by atoms with Gasteiger partial charge in [0, 0.05) is 18.6 Å². The number of carbonyl (C=O) groups excluding carboxylic acids is 1. The van der Waals surface area contributed by atoms with Gasteiger partial charge in [-0.05, 0) is 24.6 Å². The number of anilines is 1. The molecule has 118 valence electrons. The van der Waals surface area contributed by atoms with Crippen LogP contribution in [0.4, 0.5) is 23.7 Å². The second-order valence-electron chi connectivity index (χ2n) is 4.75. The third kappa shape index (κ3) is 5.46. The van der Waals surface area contributed by atoms with Gasteiger partial charge < -0.3 is 10.2 Å². The Balaban J connectivity index is 2.80. The molecule has 1 aromatic carbocycles. The zero-order chi connectivity index (χ0) is 16.0. The molecule has 0 fully saturated rings. The van der Waals surface area contributed by atoms with Crippen molar-refractivity contribution in [1.82, 2.24) is 4.90 Å². The normalized spacial score (nSPS) is 11.3. The molecule has 7 heteroatoms. The van der Waals surface area contributed by atoms with Crippen LogP contribution >= 0.6 is 11.6 Å². The van der Waals surface area contributed by atoms with Gasteiger partial charge in [-0.1, -0.05) is 31.4 Å². The first-order valence-corrected chi connectivity index (χ1v) is 7.02. The number of rotatable bonds is 5. The van der Waals surface area contributed by atoms with Crippen molar-refractivity contribution < 1.29 is 18.0 Å². The van der Waals surface area contributed by atoms with E-state index in [4.69, 9.17) is 11.6 Å². The van der Waals surface area contributed by atoms with Crippen LogP contribution in [0.2, 0.25) is 5.02 Å². The van der Waals surface area contributed by atoms with Crippen LogP contribution in [0.25, 0.3) is 0 Å². The zero-order valence-electron chi connectivity index (χ0n) is 11.9. The van der Waals surface area contributed by atoms with Crippen LogP contribution in [0.3, 0.4) is 0 Å². The number of carbonyl (C=O) groups is 1. The number of nitrogens with zero attached hydrogens (tertiary/aromatic N) is 1. The quantitative estimate of drug-likeness (QED) is 0.759. The topological polar surface area (TPSA) is 32.3 Å². The first kappa shape index (κ1) is 17.6.